The number of carbonyl (C=O) groups is 2. The Morgan fingerprint density at radius 3 is 2.39 bits per heavy atom. The van der Waals surface area contributed by atoms with E-state index in [0.717, 1.165) is 43.6 Å². The minimum absolute atomic E-state index is 0.167. The van der Waals surface area contributed by atoms with Gasteiger partial charge in [0.25, 0.3) is 0 Å². The number of unbranched alkanes of at least 4 members (excludes halogenated alkanes) is 1. The molecule has 2 aliphatic rings. The molecule has 2 fully saturated rings. The van der Waals surface area contributed by atoms with Crippen molar-refractivity contribution in [3.8, 4) is 6.07 Å². The first kappa shape index (κ1) is 27.1. The van der Waals surface area contributed by atoms with Gasteiger partial charge >= 0.3 is 0 Å². The normalized spacial score (nSPS) is 21.0. The molecular formula is C28H43N3O2. The lowest BCUT2D eigenvalue weighted by atomic mass is 9.81. The van der Waals surface area contributed by atoms with E-state index in [1.165, 1.54) is 51.3 Å². The van der Waals surface area contributed by atoms with Gasteiger partial charge in [-0.25, -0.2) is 0 Å². The van der Waals surface area contributed by atoms with Crippen LogP contribution in [0.25, 0.3) is 0 Å². The summed E-state index contributed by atoms with van der Waals surface area (Å²) in [6.45, 7) is 11.6. The molecule has 1 aromatic carbocycles. The third kappa shape index (κ3) is 10.1. The van der Waals surface area contributed by atoms with Gasteiger partial charge in [-0.2, -0.15) is 5.26 Å². The van der Waals surface area contributed by atoms with E-state index in [9.17, 15) is 9.59 Å². The van der Waals surface area contributed by atoms with Gasteiger partial charge in [-0.3, -0.25) is 9.69 Å². The number of piperazine rings is 1. The van der Waals surface area contributed by atoms with Crippen LogP contribution in [0.2, 0.25) is 0 Å². The highest BCUT2D eigenvalue weighted by molar-refractivity contribution is 5.96. The number of hydrogen-bond acceptors (Lipinski definition) is 5. The molecule has 182 valence electrons. The fourth-order valence-electron chi connectivity index (χ4n) is 4.71. The Balaban J connectivity index is 0.000000414. The van der Waals surface area contributed by atoms with Crippen LogP contribution < -0.4 is 4.90 Å². The summed E-state index contributed by atoms with van der Waals surface area (Å²) in [6, 6.07) is 10.2. The van der Waals surface area contributed by atoms with Crippen LogP contribution in [0.5, 0.6) is 0 Å². The quantitative estimate of drug-likeness (QED) is 0.345. The van der Waals surface area contributed by atoms with Crippen molar-refractivity contribution in [2.24, 2.45) is 11.8 Å². The molecule has 5 heteroatoms. The van der Waals surface area contributed by atoms with Crippen LogP contribution in [0.3, 0.4) is 0 Å². The van der Waals surface area contributed by atoms with Crippen molar-refractivity contribution in [2.75, 3.05) is 37.6 Å². The second kappa shape index (κ2) is 14.9. The van der Waals surface area contributed by atoms with Crippen molar-refractivity contribution in [2.45, 2.75) is 78.6 Å². The first-order valence-electron chi connectivity index (χ1n) is 12.9. The van der Waals surface area contributed by atoms with E-state index in [2.05, 4.69) is 28.9 Å². The second-order valence-corrected chi connectivity index (χ2v) is 9.78. The van der Waals surface area contributed by atoms with E-state index < -0.39 is 0 Å². The summed E-state index contributed by atoms with van der Waals surface area (Å²) in [5.41, 5.74) is 2.06. The third-order valence-corrected chi connectivity index (χ3v) is 7.03. The molecule has 1 aromatic rings. The predicted molar refractivity (Wildman–Crippen MR) is 136 cm³/mol. The highest BCUT2D eigenvalue weighted by Crippen LogP contribution is 2.30. The molecule has 5 nitrogen and oxygen atoms in total. The zero-order valence-electron chi connectivity index (χ0n) is 21.0. The summed E-state index contributed by atoms with van der Waals surface area (Å²) < 4.78 is 0. The standard InChI is InChI=1S/C22H34N2O.C6H9NO/c1-3-22(25)20-5-4-6-21(17-20)24-15-13-23(14-16-24)12-11-19-9-7-18(2)8-10-19;1-6(8)4-2-3-5-7/h4-6,17-19H,3,7-16H2,1-2H3;2-4H2,1H3. The Labute approximate surface area is 201 Å². The van der Waals surface area contributed by atoms with Gasteiger partial charge in [0.05, 0.1) is 6.07 Å². The minimum Gasteiger partial charge on any atom is -0.369 e. The SMILES string of the molecule is CC(=O)CCCC#N.CCC(=O)c1cccc(N2CCN(CCC3CCC(C)CC3)CC2)c1. The molecule has 0 N–H and O–H groups in total. The highest BCUT2D eigenvalue weighted by Gasteiger charge is 2.21. The predicted octanol–water partition coefficient (Wildman–Crippen LogP) is 5.89. The number of nitriles is 1. The number of benzene rings is 1. The van der Waals surface area contributed by atoms with Crippen molar-refractivity contribution < 1.29 is 9.59 Å². The van der Waals surface area contributed by atoms with Gasteiger partial charge in [-0.1, -0.05) is 51.7 Å². The first-order valence-corrected chi connectivity index (χ1v) is 12.9. The molecule has 0 atom stereocenters. The average Bonchev–Trinajstić information content (AvgIpc) is 2.84. The van der Waals surface area contributed by atoms with E-state index in [1.807, 2.05) is 25.1 Å². The van der Waals surface area contributed by atoms with Crippen LogP contribution in [0.15, 0.2) is 24.3 Å². The van der Waals surface area contributed by atoms with Crippen LogP contribution in [0.1, 0.15) is 88.9 Å². The van der Waals surface area contributed by atoms with Gasteiger partial charge in [0.1, 0.15) is 5.78 Å². The Kier molecular flexibility index (Phi) is 12.2. The number of Topliss-reactive ketones (excluding diaryl/α,β-unsaturated/α-hetero) is 2. The van der Waals surface area contributed by atoms with Gasteiger partial charge in [-0.05, 0) is 50.3 Å². The van der Waals surface area contributed by atoms with Crippen molar-refractivity contribution in [3.05, 3.63) is 29.8 Å². The zero-order chi connectivity index (χ0) is 24.1. The number of nitrogens with zero attached hydrogens (tertiary/aromatic N) is 3. The average molecular weight is 454 g/mol. The molecule has 1 saturated carbocycles. The Hall–Kier alpha value is -2.19. The number of anilines is 1. The van der Waals surface area contributed by atoms with E-state index in [4.69, 9.17) is 5.26 Å². The van der Waals surface area contributed by atoms with Gasteiger partial charge in [0.2, 0.25) is 0 Å². The fourth-order valence-corrected chi connectivity index (χ4v) is 4.71. The zero-order valence-corrected chi connectivity index (χ0v) is 21.0. The van der Waals surface area contributed by atoms with E-state index >= 15 is 0 Å². The second-order valence-electron chi connectivity index (χ2n) is 9.78. The molecule has 1 saturated heterocycles. The Morgan fingerprint density at radius 2 is 1.79 bits per heavy atom. The van der Waals surface area contributed by atoms with Crippen molar-refractivity contribution in [3.63, 3.8) is 0 Å². The van der Waals surface area contributed by atoms with Crippen LogP contribution in [0.4, 0.5) is 5.69 Å². The summed E-state index contributed by atoms with van der Waals surface area (Å²) >= 11 is 0. The highest BCUT2D eigenvalue weighted by atomic mass is 16.1. The number of rotatable bonds is 9. The monoisotopic (exact) mass is 453 g/mol. The van der Waals surface area contributed by atoms with Gasteiger partial charge in [0.15, 0.2) is 5.78 Å². The molecule has 0 radical (unpaired) electrons. The van der Waals surface area contributed by atoms with Gasteiger partial charge in [0, 0.05) is 56.7 Å². The van der Waals surface area contributed by atoms with Gasteiger partial charge in [-0.15, -0.1) is 0 Å². The van der Waals surface area contributed by atoms with E-state index in [-0.39, 0.29) is 11.6 Å². The molecule has 0 spiro atoms. The summed E-state index contributed by atoms with van der Waals surface area (Å²) in [7, 11) is 0. The lowest BCUT2D eigenvalue weighted by Crippen LogP contribution is -2.47. The molecule has 0 amide bonds. The molecule has 0 unspecified atom stereocenters. The lowest BCUT2D eigenvalue weighted by Gasteiger charge is -2.37. The third-order valence-electron chi connectivity index (χ3n) is 7.03. The first-order chi connectivity index (χ1) is 15.9. The summed E-state index contributed by atoms with van der Waals surface area (Å²) in [4.78, 5) is 27.2. The molecule has 0 aromatic heterocycles. The molecule has 1 heterocycles. The van der Waals surface area contributed by atoms with E-state index in [0.29, 0.717) is 25.7 Å². The maximum atomic E-state index is 11.9. The van der Waals surface area contributed by atoms with Crippen LogP contribution in [0, 0.1) is 23.2 Å². The molecule has 1 aliphatic heterocycles. The Morgan fingerprint density at radius 1 is 1.09 bits per heavy atom. The Bertz CT molecular complexity index is 770. The fraction of sp³-hybridized carbons (Fsp3) is 0.679. The smallest absolute Gasteiger partial charge is 0.162 e. The maximum Gasteiger partial charge on any atom is 0.162 e. The van der Waals surface area contributed by atoms with Crippen LogP contribution in [-0.4, -0.2) is 49.2 Å². The molecule has 3 rings (SSSR count). The molecular weight excluding hydrogens is 410 g/mol. The number of carbonyl (C=O) groups excluding carboxylic acids is 2. The maximum absolute atomic E-state index is 11.9. The largest absolute Gasteiger partial charge is 0.369 e. The minimum atomic E-state index is 0.167. The summed E-state index contributed by atoms with van der Waals surface area (Å²) in [6.07, 6.45) is 9.48. The van der Waals surface area contributed by atoms with Crippen molar-refractivity contribution >= 4 is 17.3 Å². The van der Waals surface area contributed by atoms with Crippen LogP contribution in [-0.2, 0) is 4.79 Å². The number of ketones is 2. The van der Waals surface area contributed by atoms with Crippen molar-refractivity contribution in [1.82, 2.24) is 4.90 Å². The van der Waals surface area contributed by atoms with E-state index in [1.54, 1.807) is 0 Å². The molecule has 0 bridgehead atoms. The number of hydrogen-bond donors (Lipinski definition) is 0. The molecule has 1 aliphatic carbocycles. The summed E-state index contributed by atoms with van der Waals surface area (Å²) in [5, 5.41) is 8.02. The summed E-state index contributed by atoms with van der Waals surface area (Å²) in [5.74, 6) is 2.32. The lowest BCUT2D eigenvalue weighted by molar-refractivity contribution is -0.117. The van der Waals surface area contributed by atoms with Crippen LogP contribution >= 0.6 is 0 Å². The van der Waals surface area contributed by atoms with Gasteiger partial charge < -0.3 is 9.69 Å². The van der Waals surface area contributed by atoms with Crippen molar-refractivity contribution in [1.29, 1.82) is 5.26 Å². The molecule has 33 heavy (non-hydrogen) atoms. The topological polar surface area (TPSA) is 64.4 Å².